The highest BCUT2D eigenvalue weighted by Crippen LogP contribution is 2.09. The first kappa shape index (κ1) is 14.1. The largest absolute Gasteiger partial charge is 0.461 e. The summed E-state index contributed by atoms with van der Waals surface area (Å²) in [6.07, 6.45) is 1.10. The lowest BCUT2D eigenvalue weighted by Gasteiger charge is -2.00. The lowest BCUT2D eigenvalue weighted by atomic mass is 10.1. The van der Waals surface area contributed by atoms with Crippen LogP contribution < -0.4 is 0 Å². The van der Waals surface area contributed by atoms with Gasteiger partial charge in [0.1, 0.15) is 5.69 Å². The fourth-order valence-corrected chi connectivity index (χ4v) is 1.92. The van der Waals surface area contributed by atoms with Crippen LogP contribution in [0.1, 0.15) is 39.9 Å². The smallest absolute Gasteiger partial charge is 0.354 e. The van der Waals surface area contributed by atoms with E-state index in [9.17, 15) is 9.59 Å². The Hall–Kier alpha value is -2.36. The maximum atomic E-state index is 12.0. The van der Waals surface area contributed by atoms with Gasteiger partial charge in [-0.2, -0.15) is 0 Å². The molecular weight excluding hydrogens is 254 g/mol. The van der Waals surface area contributed by atoms with Gasteiger partial charge < -0.3 is 9.72 Å². The predicted octanol–water partition coefficient (Wildman–Crippen LogP) is 3.01. The minimum atomic E-state index is -0.436. The second-order valence-electron chi connectivity index (χ2n) is 4.41. The number of nitrogens with one attached hydrogen (secondary N) is 1. The molecule has 4 nitrogen and oxygen atoms in total. The topological polar surface area (TPSA) is 59.2 Å². The number of carbonyl (C=O) groups excluding carboxylic acids is 2. The molecule has 0 saturated heterocycles. The molecule has 0 aliphatic carbocycles. The van der Waals surface area contributed by atoms with Gasteiger partial charge in [0.15, 0.2) is 5.78 Å². The average Bonchev–Trinajstić information content (AvgIpc) is 2.96. The lowest BCUT2D eigenvalue weighted by molar-refractivity contribution is 0.0520. The maximum Gasteiger partial charge on any atom is 0.354 e. The van der Waals surface area contributed by atoms with E-state index in [0.717, 1.165) is 5.56 Å². The van der Waals surface area contributed by atoms with Gasteiger partial charge in [0.05, 0.1) is 12.3 Å². The zero-order valence-electron chi connectivity index (χ0n) is 11.4. The van der Waals surface area contributed by atoms with Gasteiger partial charge in [0, 0.05) is 6.42 Å². The van der Waals surface area contributed by atoms with E-state index in [1.165, 1.54) is 0 Å². The van der Waals surface area contributed by atoms with E-state index in [1.807, 2.05) is 30.3 Å². The van der Waals surface area contributed by atoms with Crippen molar-refractivity contribution in [2.45, 2.75) is 19.8 Å². The number of hydrogen-bond donors (Lipinski definition) is 1. The monoisotopic (exact) mass is 271 g/mol. The van der Waals surface area contributed by atoms with Crippen molar-refractivity contribution in [3.05, 3.63) is 59.4 Å². The highest BCUT2D eigenvalue weighted by Gasteiger charge is 2.13. The summed E-state index contributed by atoms with van der Waals surface area (Å²) < 4.78 is 4.87. The number of aromatic amines is 1. The first-order chi connectivity index (χ1) is 9.70. The molecule has 1 aromatic carbocycles. The Kier molecular flexibility index (Phi) is 4.71. The Morgan fingerprint density at radius 2 is 1.75 bits per heavy atom. The van der Waals surface area contributed by atoms with Gasteiger partial charge in [0.2, 0.25) is 0 Å². The Bertz CT molecular complexity index is 587. The third kappa shape index (κ3) is 3.57. The first-order valence-electron chi connectivity index (χ1n) is 6.64. The molecule has 4 heteroatoms. The summed E-state index contributed by atoms with van der Waals surface area (Å²) in [5.41, 5.74) is 1.89. The van der Waals surface area contributed by atoms with Crippen molar-refractivity contribution in [2.24, 2.45) is 0 Å². The van der Waals surface area contributed by atoms with Crippen LogP contribution >= 0.6 is 0 Å². The number of carbonyl (C=O) groups is 2. The van der Waals surface area contributed by atoms with Crippen molar-refractivity contribution in [2.75, 3.05) is 6.61 Å². The van der Waals surface area contributed by atoms with Crippen LogP contribution in [0.3, 0.4) is 0 Å². The molecule has 0 fully saturated rings. The molecule has 2 rings (SSSR count). The van der Waals surface area contributed by atoms with Gasteiger partial charge in [-0.05, 0) is 31.0 Å². The van der Waals surface area contributed by atoms with E-state index in [2.05, 4.69) is 4.98 Å². The predicted molar refractivity (Wildman–Crippen MR) is 75.8 cm³/mol. The number of aromatic nitrogens is 1. The highest BCUT2D eigenvalue weighted by atomic mass is 16.5. The van der Waals surface area contributed by atoms with Crippen LogP contribution in [0.25, 0.3) is 0 Å². The number of Topliss-reactive ketones (excluding diaryl/α,β-unsaturated/α-hetero) is 1. The summed E-state index contributed by atoms with van der Waals surface area (Å²) in [6, 6.07) is 13.0. The van der Waals surface area contributed by atoms with Gasteiger partial charge in [-0.1, -0.05) is 30.3 Å². The second kappa shape index (κ2) is 6.70. The van der Waals surface area contributed by atoms with E-state index in [-0.39, 0.29) is 5.78 Å². The lowest BCUT2D eigenvalue weighted by Crippen LogP contribution is -2.07. The van der Waals surface area contributed by atoms with Crippen molar-refractivity contribution in [3.63, 3.8) is 0 Å². The SMILES string of the molecule is CCOC(=O)c1ccc(C(=O)CCc2ccccc2)[nH]1. The van der Waals surface area contributed by atoms with Crippen LogP contribution in [0.2, 0.25) is 0 Å². The van der Waals surface area contributed by atoms with E-state index in [0.29, 0.717) is 30.8 Å². The van der Waals surface area contributed by atoms with E-state index < -0.39 is 5.97 Å². The highest BCUT2D eigenvalue weighted by molar-refractivity contribution is 5.97. The third-order valence-electron chi connectivity index (χ3n) is 2.97. The van der Waals surface area contributed by atoms with Crippen LogP contribution in [-0.4, -0.2) is 23.3 Å². The van der Waals surface area contributed by atoms with Gasteiger partial charge >= 0.3 is 5.97 Å². The fourth-order valence-electron chi connectivity index (χ4n) is 1.92. The van der Waals surface area contributed by atoms with E-state index in [1.54, 1.807) is 19.1 Å². The van der Waals surface area contributed by atoms with Crippen molar-refractivity contribution < 1.29 is 14.3 Å². The van der Waals surface area contributed by atoms with Crippen molar-refractivity contribution >= 4 is 11.8 Å². The number of aryl methyl sites for hydroxylation is 1. The molecule has 0 radical (unpaired) electrons. The van der Waals surface area contributed by atoms with Crippen LogP contribution in [0.5, 0.6) is 0 Å². The molecule has 0 saturated carbocycles. The van der Waals surface area contributed by atoms with Crippen LogP contribution in [-0.2, 0) is 11.2 Å². The summed E-state index contributed by atoms with van der Waals surface area (Å²) in [6.45, 7) is 2.06. The van der Waals surface area contributed by atoms with Crippen molar-refractivity contribution in [1.29, 1.82) is 0 Å². The number of rotatable bonds is 6. The number of H-pyrrole nitrogens is 1. The Morgan fingerprint density at radius 3 is 2.45 bits per heavy atom. The zero-order chi connectivity index (χ0) is 14.4. The van der Waals surface area contributed by atoms with Gasteiger partial charge in [-0.15, -0.1) is 0 Å². The number of ketones is 1. The molecule has 0 aliphatic heterocycles. The minimum Gasteiger partial charge on any atom is -0.461 e. The third-order valence-corrected chi connectivity index (χ3v) is 2.97. The summed E-state index contributed by atoms with van der Waals surface area (Å²) in [4.78, 5) is 26.3. The van der Waals surface area contributed by atoms with E-state index in [4.69, 9.17) is 4.74 Å². The van der Waals surface area contributed by atoms with Crippen LogP contribution in [0, 0.1) is 0 Å². The molecule has 104 valence electrons. The Labute approximate surface area is 117 Å². The van der Waals surface area contributed by atoms with Gasteiger partial charge in [-0.3, -0.25) is 4.79 Å². The van der Waals surface area contributed by atoms with Crippen molar-refractivity contribution in [1.82, 2.24) is 4.98 Å². The second-order valence-corrected chi connectivity index (χ2v) is 4.41. The minimum absolute atomic E-state index is 0.00981. The molecule has 1 heterocycles. The molecule has 0 unspecified atom stereocenters. The Balaban J connectivity index is 1.94. The molecule has 20 heavy (non-hydrogen) atoms. The molecule has 1 N–H and O–H groups in total. The molecular formula is C16H17NO3. The quantitative estimate of drug-likeness (QED) is 0.649. The fraction of sp³-hybridized carbons (Fsp3) is 0.250. The molecule has 0 amide bonds. The zero-order valence-corrected chi connectivity index (χ0v) is 11.4. The summed E-state index contributed by atoms with van der Waals surface area (Å²) >= 11 is 0. The molecule has 1 aromatic heterocycles. The molecule has 0 spiro atoms. The summed E-state index contributed by atoms with van der Waals surface area (Å²) in [5, 5.41) is 0. The van der Waals surface area contributed by atoms with E-state index >= 15 is 0 Å². The number of esters is 1. The van der Waals surface area contributed by atoms with Gasteiger partial charge in [0.25, 0.3) is 0 Å². The summed E-state index contributed by atoms with van der Waals surface area (Å²) in [7, 11) is 0. The van der Waals surface area contributed by atoms with Crippen LogP contribution in [0.15, 0.2) is 42.5 Å². The molecule has 0 atom stereocenters. The maximum absolute atomic E-state index is 12.0. The van der Waals surface area contributed by atoms with Crippen molar-refractivity contribution in [3.8, 4) is 0 Å². The normalized spacial score (nSPS) is 10.2. The first-order valence-corrected chi connectivity index (χ1v) is 6.64. The summed E-state index contributed by atoms with van der Waals surface area (Å²) in [5.74, 6) is -0.445. The average molecular weight is 271 g/mol. The molecule has 0 bridgehead atoms. The standard InChI is InChI=1S/C16H17NO3/c1-2-20-16(19)14-10-9-13(17-14)15(18)11-8-12-6-4-3-5-7-12/h3-7,9-10,17H,2,8,11H2,1H3. The van der Waals surface area contributed by atoms with Crippen LogP contribution in [0.4, 0.5) is 0 Å². The number of hydrogen-bond acceptors (Lipinski definition) is 3. The molecule has 2 aromatic rings. The van der Waals surface area contributed by atoms with Gasteiger partial charge in [-0.25, -0.2) is 4.79 Å². The Morgan fingerprint density at radius 1 is 1.05 bits per heavy atom. The molecule has 0 aliphatic rings. The number of ether oxygens (including phenoxy) is 1. The number of benzene rings is 1.